The molecule has 2 aromatic carbocycles. The third-order valence-corrected chi connectivity index (χ3v) is 5.57. The van der Waals surface area contributed by atoms with Crippen LogP contribution >= 0.6 is 11.8 Å². The molecule has 3 aromatic rings. The van der Waals surface area contributed by atoms with Gasteiger partial charge in [0.2, 0.25) is 5.91 Å². The van der Waals surface area contributed by atoms with Crippen LogP contribution in [0.4, 0.5) is 5.69 Å². The fourth-order valence-corrected chi connectivity index (χ4v) is 3.81. The molecule has 1 N–H and O–H groups in total. The van der Waals surface area contributed by atoms with Crippen molar-refractivity contribution < 1.29 is 14.3 Å². The van der Waals surface area contributed by atoms with Crippen molar-refractivity contribution in [1.29, 1.82) is 0 Å². The van der Waals surface area contributed by atoms with Gasteiger partial charge in [-0.15, -0.1) is 16.8 Å². The highest BCUT2D eigenvalue weighted by Crippen LogP contribution is 2.29. The standard InChI is InChI=1S/C23H26N4O3S/c1-4-14-27-21(13-10-17-8-6-5-7-9-17)25-26-23(27)31-16-22(28)24-19-12-11-18(29-2)15-20(19)30-3/h4-9,11-12,15H,1,10,13-14,16H2,2-3H3,(H,24,28). The number of ether oxygens (including phenoxy) is 2. The van der Waals surface area contributed by atoms with Crippen LogP contribution in [0.2, 0.25) is 0 Å². The van der Waals surface area contributed by atoms with Crippen molar-refractivity contribution in [2.24, 2.45) is 0 Å². The van der Waals surface area contributed by atoms with E-state index < -0.39 is 0 Å². The smallest absolute Gasteiger partial charge is 0.234 e. The molecule has 0 saturated heterocycles. The zero-order valence-electron chi connectivity index (χ0n) is 17.7. The Hall–Kier alpha value is -3.26. The summed E-state index contributed by atoms with van der Waals surface area (Å²) in [7, 11) is 3.13. The lowest BCUT2D eigenvalue weighted by Crippen LogP contribution is -2.15. The first-order valence-corrected chi connectivity index (χ1v) is 10.8. The van der Waals surface area contributed by atoms with E-state index in [-0.39, 0.29) is 11.7 Å². The van der Waals surface area contributed by atoms with Gasteiger partial charge in [0.05, 0.1) is 25.7 Å². The highest BCUT2D eigenvalue weighted by Gasteiger charge is 2.15. The molecule has 7 nitrogen and oxygen atoms in total. The molecule has 31 heavy (non-hydrogen) atoms. The minimum absolute atomic E-state index is 0.160. The van der Waals surface area contributed by atoms with Crippen LogP contribution in [0.3, 0.4) is 0 Å². The lowest BCUT2D eigenvalue weighted by molar-refractivity contribution is -0.113. The molecule has 0 bridgehead atoms. The van der Waals surface area contributed by atoms with E-state index in [4.69, 9.17) is 9.47 Å². The van der Waals surface area contributed by atoms with Gasteiger partial charge in [-0.2, -0.15) is 0 Å². The summed E-state index contributed by atoms with van der Waals surface area (Å²) in [6.07, 6.45) is 3.45. The maximum absolute atomic E-state index is 12.5. The van der Waals surface area contributed by atoms with Gasteiger partial charge in [0.15, 0.2) is 5.16 Å². The summed E-state index contributed by atoms with van der Waals surface area (Å²) >= 11 is 1.34. The molecule has 162 valence electrons. The summed E-state index contributed by atoms with van der Waals surface area (Å²) in [6, 6.07) is 15.5. The number of thioether (sulfide) groups is 1. The molecule has 0 unspecified atom stereocenters. The number of carbonyl (C=O) groups is 1. The molecule has 0 spiro atoms. The third-order valence-electron chi connectivity index (χ3n) is 4.60. The number of methoxy groups -OCH3 is 2. The van der Waals surface area contributed by atoms with E-state index in [1.54, 1.807) is 32.4 Å². The molecule has 1 amide bonds. The van der Waals surface area contributed by atoms with Gasteiger partial charge < -0.3 is 19.4 Å². The molecule has 0 saturated carbocycles. The van der Waals surface area contributed by atoms with Crippen LogP contribution in [0.15, 0.2) is 66.3 Å². The summed E-state index contributed by atoms with van der Waals surface area (Å²) in [4.78, 5) is 12.5. The normalized spacial score (nSPS) is 10.5. The van der Waals surface area contributed by atoms with Crippen molar-refractivity contribution in [2.45, 2.75) is 24.5 Å². The molecule has 0 aliphatic carbocycles. The zero-order chi connectivity index (χ0) is 22.1. The molecule has 0 aliphatic heterocycles. The molecular formula is C23H26N4O3S. The summed E-state index contributed by atoms with van der Waals surface area (Å²) in [5.41, 5.74) is 1.84. The molecule has 1 aromatic heterocycles. The van der Waals surface area contributed by atoms with Crippen LogP contribution < -0.4 is 14.8 Å². The highest BCUT2D eigenvalue weighted by molar-refractivity contribution is 7.99. The van der Waals surface area contributed by atoms with Crippen molar-refractivity contribution in [2.75, 3.05) is 25.3 Å². The number of benzene rings is 2. The fourth-order valence-electron chi connectivity index (χ4n) is 3.04. The van der Waals surface area contributed by atoms with Gasteiger partial charge in [-0.05, 0) is 24.1 Å². The topological polar surface area (TPSA) is 78.3 Å². The first kappa shape index (κ1) is 22.4. The Morgan fingerprint density at radius 1 is 1.13 bits per heavy atom. The summed E-state index contributed by atoms with van der Waals surface area (Å²) in [5.74, 6) is 2.11. The number of hydrogen-bond donors (Lipinski definition) is 1. The largest absolute Gasteiger partial charge is 0.497 e. The SMILES string of the molecule is C=CCn1c(CCc2ccccc2)nnc1SCC(=O)Nc1ccc(OC)cc1OC. The van der Waals surface area contributed by atoms with Gasteiger partial charge in [-0.25, -0.2) is 0 Å². The van der Waals surface area contributed by atoms with Crippen LogP contribution in [0.1, 0.15) is 11.4 Å². The van der Waals surface area contributed by atoms with E-state index in [9.17, 15) is 4.79 Å². The molecule has 3 rings (SSSR count). The van der Waals surface area contributed by atoms with Crippen LogP contribution in [0, 0.1) is 0 Å². The van der Waals surface area contributed by atoms with Crippen LogP contribution in [0.5, 0.6) is 11.5 Å². The van der Waals surface area contributed by atoms with Crippen LogP contribution in [0.25, 0.3) is 0 Å². The van der Waals surface area contributed by atoms with E-state index >= 15 is 0 Å². The Morgan fingerprint density at radius 2 is 1.94 bits per heavy atom. The Labute approximate surface area is 186 Å². The first-order chi connectivity index (χ1) is 15.1. The average Bonchev–Trinajstić information content (AvgIpc) is 3.19. The number of rotatable bonds is 11. The van der Waals surface area contributed by atoms with E-state index in [0.717, 1.165) is 18.7 Å². The number of nitrogens with one attached hydrogen (secondary N) is 1. The number of allylic oxidation sites excluding steroid dienone is 1. The van der Waals surface area contributed by atoms with Crippen LogP contribution in [-0.2, 0) is 24.2 Å². The lowest BCUT2D eigenvalue weighted by Gasteiger charge is -2.12. The van der Waals surface area contributed by atoms with Crippen LogP contribution in [-0.4, -0.2) is 40.6 Å². The number of amides is 1. The van der Waals surface area contributed by atoms with Crippen molar-refractivity contribution in [1.82, 2.24) is 14.8 Å². The first-order valence-electron chi connectivity index (χ1n) is 9.86. The highest BCUT2D eigenvalue weighted by atomic mass is 32.2. The Morgan fingerprint density at radius 3 is 2.65 bits per heavy atom. The number of carbonyl (C=O) groups excluding carboxylic acids is 1. The van der Waals surface area contributed by atoms with Gasteiger partial charge in [-0.3, -0.25) is 4.79 Å². The molecule has 0 aliphatic rings. The van der Waals surface area contributed by atoms with Gasteiger partial charge in [0.1, 0.15) is 17.3 Å². The van der Waals surface area contributed by atoms with Crippen molar-refractivity contribution in [3.05, 3.63) is 72.6 Å². The van der Waals surface area contributed by atoms with Gasteiger partial charge in [0, 0.05) is 19.0 Å². The van der Waals surface area contributed by atoms with Crippen molar-refractivity contribution >= 4 is 23.4 Å². The number of hydrogen-bond acceptors (Lipinski definition) is 6. The van der Waals surface area contributed by atoms with Gasteiger partial charge in [0.25, 0.3) is 0 Å². The summed E-state index contributed by atoms with van der Waals surface area (Å²) in [5, 5.41) is 12.2. The summed E-state index contributed by atoms with van der Waals surface area (Å²) in [6.45, 7) is 4.42. The Kier molecular flexibility index (Phi) is 8.12. The molecular weight excluding hydrogens is 412 g/mol. The van der Waals surface area contributed by atoms with E-state index in [0.29, 0.717) is 28.9 Å². The molecule has 8 heteroatoms. The summed E-state index contributed by atoms with van der Waals surface area (Å²) < 4.78 is 12.5. The third kappa shape index (κ3) is 6.11. The second kappa shape index (κ2) is 11.2. The predicted octanol–water partition coefficient (Wildman–Crippen LogP) is 4.00. The average molecular weight is 439 g/mol. The Bertz CT molecular complexity index is 1020. The molecule has 0 atom stereocenters. The van der Waals surface area contributed by atoms with E-state index in [2.05, 4.69) is 34.2 Å². The lowest BCUT2D eigenvalue weighted by atomic mass is 10.1. The minimum atomic E-state index is -0.160. The number of aryl methyl sites for hydroxylation is 2. The second-order valence-electron chi connectivity index (χ2n) is 6.69. The number of anilines is 1. The van der Waals surface area contributed by atoms with E-state index in [1.807, 2.05) is 28.8 Å². The molecule has 0 fully saturated rings. The van der Waals surface area contributed by atoms with Crippen molar-refractivity contribution in [3.8, 4) is 11.5 Å². The molecule has 1 heterocycles. The minimum Gasteiger partial charge on any atom is -0.497 e. The maximum atomic E-state index is 12.5. The number of nitrogens with zero attached hydrogens (tertiary/aromatic N) is 3. The van der Waals surface area contributed by atoms with Gasteiger partial charge in [-0.1, -0.05) is 48.2 Å². The number of aromatic nitrogens is 3. The van der Waals surface area contributed by atoms with Gasteiger partial charge >= 0.3 is 0 Å². The Balaban J connectivity index is 1.62. The fraction of sp³-hybridized carbons (Fsp3) is 0.261. The maximum Gasteiger partial charge on any atom is 0.234 e. The van der Waals surface area contributed by atoms with Crippen molar-refractivity contribution in [3.63, 3.8) is 0 Å². The van der Waals surface area contributed by atoms with E-state index in [1.165, 1.54) is 17.3 Å². The predicted molar refractivity (Wildman–Crippen MR) is 123 cm³/mol. The quantitative estimate of drug-likeness (QED) is 0.360. The molecule has 0 radical (unpaired) electrons. The zero-order valence-corrected chi connectivity index (χ0v) is 18.5. The monoisotopic (exact) mass is 438 g/mol. The second-order valence-corrected chi connectivity index (χ2v) is 7.63.